The predicted molar refractivity (Wildman–Crippen MR) is 148 cm³/mol. The molecule has 1 aliphatic heterocycles. The smallest absolute Gasteiger partial charge is 0.330 e. The molecule has 13 nitrogen and oxygen atoms in total. The van der Waals surface area contributed by atoms with Crippen molar-refractivity contribution in [1.82, 2.24) is 0 Å². The molecule has 1 aromatic heterocycles. The van der Waals surface area contributed by atoms with Gasteiger partial charge in [-0.1, -0.05) is 12.1 Å². The van der Waals surface area contributed by atoms with Crippen molar-refractivity contribution in [3.63, 3.8) is 0 Å². The van der Waals surface area contributed by atoms with E-state index in [0.717, 1.165) is 18.2 Å². The van der Waals surface area contributed by atoms with Gasteiger partial charge >= 0.3 is 5.97 Å². The van der Waals surface area contributed by atoms with Gasteiger partial charge in [0.25, 0.3) is 0 Å². The molecule has 13 heteroatoms. The third-order valence-corrected chi connectivity index (χ3v) is 6.64. The zero-order chi connectivity index (χ0) is 30.8. The highest BCUT2D eigenvalue weighted by Gasteiger charge is 2.46. The molecule has 1 fully saturated rings. The summed E-state index contributed by atoms with van der Waals surface area (Å²) in [5.74, 6) is -2.70. The monoisotopic (exact) mass is 594 g/mol. The lowest BCUT2D eigenvalue weighted by Crippen LogP contribution is -2.60. The molecule has 0 spiro atoms. The first-order valence-corrected chi connectivity index (χ1v) is 12.8. The summed E-state index contributed by atoms with van der Waals surface area (Å²) < 4.78 is 22.2. The van der Waals surface area contributed by atoms with Gasteiger partial charge in [-0.25, -0.2) is 4.79 Å². The molecular weight excluding hydrogens is 568 g/mol. The Labute approximate surface area is 242 Å². The minimum Gasteiger partial charge on any atom is -0.508 e. The zero-order valence-corrected chi connectivity index (χ0v) is 22.1. The van der Waals surface area contributed by atoms with Gasteiger partial charge in [-0.3, -0.25) is 4.79 Å². The maximum Gasteiger partial charge on any atom is 0.330 e. The van der Waals surface area contributed by atoms with E-state index in [1.807, 2.05) is 0 Å². The second kappa shape index (κ2) is 12.0. The number of carbonyl (C=O) groups excluding carboxylic acids is 1. The summed E-state index contributed by atoms with van der Waals surface area (Å²) in [5.41, 5.74) is -0.328. The van der Waals surface area contributed by atoms with Gasteiger partial charge in [-0.2, -0.15) is 0 Å². The van der Waals surface area contributed by atoms with Gasteiger partial charge < -0.3 is 54.4 Å². The summed E-state index contributed by atoms with van der Waals surface area (Å²) in [6.07, 6.45) is -6.17. The minimum absolute atomic E-state index is 0.0495. The fourth-order valence-corrected chi connectivity index (χ4v) is 4.41. The van der Waals surface area contributed by atoms with Gasteiger partial charge in [0.05, 0.1) is 0 Å². The molecule has 0 unspecified atom stereocenters. The SMILES string of the molecule is O=C(/C=C/c1ccc(O)cc1)OC[C@H]1O[C@H](Oc2c(-c3ccc(O)cc3)oc3cc(O)cc(O)c3c2=O)[C@H](O)[C@@H](O)[C@@H]1O. The van der Waals surface area contributed by atoms with Gasteiger partial charge in [0.2, 0.25) is 17.5 Å². The number of carbonyl (C=O) groups is 1. The van der Waals surface area contributed by atoms with E-state index >= 15 is 0 Å². The van der Waals surface area contributed by atoms with Crippen LogP contribution >= 0.6 is 0 Å². The van der Waals surface area contributed by atoms with E-state index in [0.29, 0.717) is 5.56 Å². The van der Waals surface area contributed by atoms with Crippen molar-refractivity contribution in [2.75, 3.05) is 6.61 Å². The fourth-order valence-electron chi connectivity index (χ4n) is 4.41. The van der Waals surface area contributed by atoms with Crippen molar-refractivity contribution in [2.24, 2.45) is 0 Å². The Morgan fingerprint density at radius 2 is 1.49 bits per heavy atom. The lowest BCUT2D eigenvalue weighted by atomic mass is 9.99. The van der Waals surface area contributed by atoms with Crippen LogP contribution in [-0.4, -0.2) is 79.0 Å². The van der Waals surface area contributed by atoms with Crippen molar-refractivity contribution in [2.45, 2.75) is 30.7 Å². The summed E-state index contributed by atoms with van der Waals surface area (Å²) in [5, 5.41) is 70.6. The topological polar surface area (TPSA) is 217 Å². The van der Waals surface area contributed by atoms with Crippen molar-refractivity contribution < 1.29 is 59.2 Å². The van der Waals surface area contributed by atoms with E-state index in [2.05, 4.69) is 0 Å². The largest absolute Gasteiger partial charge is 0.508 e. The first-order valence-electron chi connectivity index (χ1n) is 12.8. The van der Waals surface area contributed by atoms with Gasteiger partial charge in [0, 0.05) is 23.8 Å². The number of rotatable bonds is 7. The third-order valence-electron chi connectivity index (χ3n) is 6.64. The number of phenolic OH excluding ortho intramolecular Hbond substituents is 4. The number of phenols is 4. The summed E-state index contributed by atoms with van der Waals surface area (Å²) in [6.45, 7) is -0.583. The zero-order valence-electron chi connectivity index (χ0n) is 22.1. The molecule has 5 rings (SSSR count). The molecule has 2 heterocycles. The summed E-state index contributed by atoms with van der Waals surface area (Å²) in [7, 11) is 0. The van der Waals surface area contributed by atoms with Crippen molar-refractivity contribution in [1.29, 1.82) is 0 Å². The number of fused-ring (bicyclic) bond motifs is 1. The molecule has 0 aliphatic carbocycles. The van der Waals surface area contributed by atoms with E-state index in [1.54, 1.807) is 12.1 Å². The number of hydrogen-bond acceptors (Lipinski definition) is 13. The number of aliphatic hydroxyl groups excluding tert-OH is 3. The van der Waals surface area contributed by atoms with Crippen molar-refractivity contribution >= 4 is 23.0 Å². The van der Waals surface area contributed by atoms with E-state index in [1.165, 1.54) is 42.5 Å². The van der Waals surface area contributed by atoms with Gasteiger partial charge in [-0.15, -0.1) is 0 Å². The molecule has 0 bridgehead atoms. The Bertz CT molecular complexity index is 1710. The quantitative estimate of drug-likeness (QED) is 0.120. The molecule has 3 aromatic carbocycles. The van der Waals surface area contributed by atoms with Gasteiger partial charge in [0.1, 0.15) is 65.0 Å². The van der Waals surface area contributed by atoms with Crippen LogP contribution < -0.4 is 10.2 Å². The highest BCUT2D eigenvalue weighted by atomic mass is 16.7. The summed E-state index contributed by atoms with van der Waals surface area (Å²) in [4.78, 5) is 25.8. The van der Waals surface area contributed by atoms with Crippen LogP contribution in [0.1, 0.15) is 5.56 Å². The summed E-state index contributed by atoms with van der Waals surface area (Å²) in [6, 6.07) is 13.4. The molecule has 224 valence electrons. The fraction of sp³-hybridized carbons (Fsp3) is 0.200. The second-order valence-electron chi connectivity index (χ2n) is 9.66. The molecule has 43 heavy (non-hydrogen) atoms. The standard InChI is InChI=1S/C30H26O13/c31-16-6-1-14(2-7-16)3-10-22(35)40-13-21-24(36)26(38)27(39)30(42-21)43-29-25(37)23-19(34)11-18(33)12-20(23)41-28(29)15-4-8-17(32)9-5-15/h1-12,21,24,26-27,30-34,36,38-39H,13H2/b10-3+/t21-,24-,26+,27-,30-/m1/s1. The minimum atomic E-state index is -1.90. The Kier molecular flexibility index (Phi) is 8.23. The van der Waals surface area contributed by atoms with E-state index in [4.69, 9.17) is 18.6 Å². The summed E-state index contributed by atoms with van der Waals surface area (Å²) >= 11 is 0. The molecule has 4 aromatic rings. The third kappa shape index (κ3) is 6.24. The van der Waals surface area contributed by atoms with Crippen LogP contribution in [0.25, 0.3) is 28.4 Å². The maximum atomic E-state index is 13.5. The van der Waals surface area contributed by atoms with Crippen LogP contribution in [0.2, 0.25) is 0 Å². The van der Waals surface area contributed by atoms with Crippen molar-refractivity contribution in [3.05, 3.63) is 82.5 Å². The normalized spacial score (nSPS) is 22.1. The molecule has 7 N–H and O–H groups in total. The van der Waals surface area contributed by atoms with Crippen LogP contribution in [0.3, 0.4) is 0 Å². The lowest BCUT2D eigenvalue weighted by molar-refractivity contribution is -0.278. The number of benzene rings is 3. The Morgan fingerprint density at radius 3 is 2.16 bits per heavy atom. The van der Waals surface area contributed by atoms with Crippen LogP contribution in [0.15, 0.2) is 76.0 Å². The second-order valence-corrected chi connectivity index (χ2v) is 9.66. The van der Waals surface area contributed by atoms with Crippen LogP contribution in [0, 0.1) is 0 Å². The van der Waals surface area contributed by atoms with E-state index in [-0.39, 0.29) is 33.8 Å². The lowest BCUT2D eigenvalue weighted by Gasteiger charge is -2.39. The van der Waals surface area contributed by atoms with Gasteiger partial charge in [-0.05, 0) is 48.0 Å². The number of aromatic hydroxyl groups is 4. The van der Waals surface area contributed by atoms with Crippen LogP contribution in [-0.2, 0) is 14.3 Å². The number of ether oxygens (including phenoxy) is 3. The number of aliphatic hydroxyl groups is 3. The molecule has 0 radical (unpaired) electrons. The first kappa shape index (κ1) is 29.4. The number of hydrogen-bond donors (Lipinski definition) is 7. The van der Waals surface area contributed by atoms with Crippen LogP contribution in [0.4, 0.5) is 0 Å². The van der Waals surface area contributed by atoms with E-state index < -0.39 is 66.0 Å². The van der Waals surface area contributed by atoms with Crippen LogP contribution in [0.5, 0.6) is 28.7 Å². The van der Waals surface area contributed by atoms with E-state index in [9.17, 15) is 45.3 Å². The Morgan fingerprint density at radius 1 is 0.837 bits per heavy atom. The average molecular weight is 595 g/mol. The first-order chi connectivity index (χ1) is 20.5. The Hall–Kier alpha value is -5.08. The molecule has 0 amide bonds. The predicted octanol–water partition coefficient (Wildman–Crippen LogP) is 1.73. The highest BCUT2D eigenvalue weighted by Crippen LogP contribution is 2.37. The van der Waals surface area contributed by atoms with Gasteiger partial charge in [0.15, 0.2) is 5.76 Å². The molecule has 1 saturated heterocycles. The Balaban J connectivity index is 1.42. The highest BCUT2D eigenvalue weighted by molar-refractivity contribution is 5.88. The molecule has 0 saturated carbocycles. The molecule has 5 atom stereocenters. The van der Waals surface area contributed by atoms with Crippen molar-refractivity contribution in [3.8, 4) is 40.1 Å². The average Bonchev–Trinajstić information content (AvgIpc) is 2.97. The number of esters is 1. The molecular formula is C30H26O13. The maximum absolute atomic E-state index is 13.5. The molecule has 1 aliphatic rings.